The Morgan fingerprint density at radius 3 is 1.76 bits per heavy atom. The van der Waals surface area contributed by atoms with Gasteiger partial charge in [-0.2, -0.15) is 0 Å². The minimum Gasteiger partial charge on any atom is -0.394 e. The predicted molar refractivity (Wildman–Crippen MR) is 176 cm³/mol. The average Bonchev–Trinajstić information content (AvgIpc) is 3.01. The van der Waals surface area contributed by atoms with Crippen LogP contribution in [0.1, 0.15) is 148 Å². The van der Waals surface area contributed by atoms with Crippen molar-refractivity contribution < 1.29 is 19.6 Å². The van der Waals surface area contributed by atoms with Gasteiger partial charge in [-0.15, -0.1) is 0 Å². The number of aryl methyl sites for hydroxylation is 1. The van der Waals surface area contributed by atoms with Crippen LogP contribution in [0.5, 0.6) is 0 Å². The van der Waals surface area contributed by atoms with Crippen LogP contribution in [0.25, 0.3) is 0 Å². The van der Waals surface area contributed by atoms with Gasteiger partial charge < -0.3 is 20.8 Å². The number of unbranched alkanes of at least 4 members (excludes halogenated alkanes) is 20. The Hall–Kier alpha value is -1.92. The molecule has 0 aliphatic carbocycles. The van der Waals surface area contributed by atoms with E-state index in [4.69, 9.17) is 0 Å². The summed E-state index contributed by atoms with van der Waals surface area (Å²) in [6.45, 7) is 3.71. The monoisotopic (exact) mass is 589 g/mol. The van der Waals surface area contributed by atoms with Crippen molar-refractivity contribution in [2.45, 2.75) is 167 Å². The van der Waals surface area contributed by atoms with Crippen LogP contribution in [-0.4, -0.2) is 41.5 Å². The summed E-state index contributed by atoms with van der Waals surface area (Å²) in [5.41, 5.74) is 0. The molecule has 0 aromatic carbocycles. The molecule has 0 fully saturated rings. The minimum atomic E-state index is -0.879. The van der Waals surface area contributed by atoms with Gasteiger partial charge in [-0.3, -0.25) is 0 Å². The second-order valence-corrected chi connectivity index (χ2v) is 12.1. The maximum atomic E-state index is 12.2. The van der Waals surface area contributed by atoms with Gasteiger partial charge in [0.15, 0.2) is 12.4 Å². The summed E-state index contributed by atoms with van der Waals surface area (Å²) in [5, 5.41) is 25.6. The largest absolute Gasteiger partial charge is 0.394 e. The van der Waals surface area contributed by atoms with Gasteiger partial charge in [0.25, 0.3) is 0 Å². The van der Waals surface area contributed by atoms with Crippen LogP contribution in [0.2, 0.25) is 0 Å². The zero-order valence-corrected chi connectivity index (χ0v) is 27.1. The average molecular weight is 589 g/mol. The number of allylic oxidation sites excluding steroid dienone is 1. The smallest absolute Gasteiger partial charge is 0.315 e. The fourth-order valence-electron chi connectivity index (χ4n) is 5.37. The van der Waals surface area contributed by atoms with E-state index in [2.05, 4.69) is 52.7 Å². The van der Waals surface area contributed by atoms with Gasteiger partial charge in [0.05, 0.1) is 18.8 Å². The summed E-state index contributed by atoms with van der Waals surface area (Å²) >= 11 is 0. The number of nitrogens with zero attached hydrogens (tertiary/aromatic N) is 1. The molecule has 4 N–H and O–H groups in total. The fraction of sp³-hybridized carbons (Fsp3) is 0.778. The van der Waals surface area contributed by atoms with Crippen LogP contribution in [0.4, 0.5) is 4.79 Å². The first-order valence-electron chi connectivity index (χ1n) is 17.6. The molecule has 0 radical (unpaired) electrons. The standard InChI is InChI=1S/C36H65N3O3/c1-2-3-4-5-6-7-8-9-10-13-16-19-23-28-35(41)34(33-40)38-36(42)37-29-24-20-17-14-11-12-15-18-21-25-30-39-31-26-22-27-32-39/h22-23,26-28,31-32,34-35,40-41H,2-21,24-25,29-30,33H2,1H3,(H-,37,38,42)/p+1/b28-23+/t34-,35+/m0/s1. The number of nitrogens with one attached hydrogen (secondary N) is 2. The van der Waals surface area contributed by atoms with Crippen molar-refractivity contribution in [3.05, 3.63) is 42.7 Å². The van der Waals surface area contributed by atoms with Gasteiger partial charge in [-0.05, 0) is 25.7 Å². The first kappa shape index (κ1) is 38.1. The Kier molecular flexibility index (Phi) is 26.5. The second kappa shape index (κ2) is 29.2. The molecule has 2 atom stereocenters. The zero-order chi connectivity index (χ0) is 30.4. The summed E-state index contributed by atoms with van der Waals surface area (Å²) in [4.78, 5) is 12.2. The number of pyridine rings is 1. The van der Waals surface area contributed by atoms with E-state index in [1.807, 2.05) is 6.08 Å². The molecule has 1 heterocycles. The third-order valence-corrected chi connectivity index (χ3v) is 8.14. The molecule has 1 aromatic rings. The quantitative estimate of drug-likeness (QED) is 0.0433. The van der Waals surface area contributed by atoms with Crippen molar-refractivity contribution in [1.29, 1.82) is 0 Å². The van der Waals surface area contributed by atoms with Crippen molar-refractivity contribution in [2.75, 3.05) is 13.2 Å². The highest BCUT2D eigenvalue weighted by Gasteiger charge is 2.17. The highest BCUT2D eigenvalue weighted by Crippen LogP contribution is 2.13. The molecule has 242 valence electrons. The van der Waals surface area contributed by atoms with Gasteiger partial charge in [0, 0.05) is 25.1 Å². The third kappa shape index (κ3) is 23.6. The van der Waals surface area contributed by atoms with Crippen LogP contribution in [-0.2, 0) is 6.54 Å². The zero-order valence-electron chi connectivity index (χ0n) is 27.1. The van der Waals surface area contributed by atoms with Gasteiger partial charge in [0.2, 0.25) is 0 Å². The van der Waals surface area contributed by atoms with Crippen LogP contribution in [0.3, 0.4) is 0 Å². The first-order chi connectivity index (χ1) is 20.7. The lowest BCUT2D eigenvalue weighted by molar-refractivity contribution is -0.697. The van der Waals surface area contributed by atoms with Crippen LogP contribution < -0.4 is 15.2 Å². The maximum absolute atomic E-state index is 12.2. The lowest BCUT2D eigenvalue weighted by Crippen LogP contribution is -2.49. The topological polar surface area (TPSA) is 85.5 Å². The van der Waals surface area contributed by atoms with Gasteiger partial charge in [-0.1, -0.05) is 134 Å². The van der Waals surface area contributed by atoms with E-state index in [-0.39, 0.29) is 12.6 Å². The number of aromatic nitrogens is 1. The lowest BCUT2D eigenvalue weighted by Gasteiger charge is -2.20. The SMILES string of the molecule is CCCCCCCCCCCCC/C=C/[C@@H](O)[C@H](CO)NC(=O)NCCCCCCCCCCCC[n+]1ccccc1. The molecule has 0 bridgehead atoms. The van der Waals surface area contributed by atoms with E-state index in [0.29, 0.717) is 6.54 Å². The Bertz CT molecular complexity index is 744. The van der Waals surface area contributed by atoms with E-state index >= 15 is 0 Å². The van der Waals surface area contributed by atoms with Crippen LogP contribution in [0.15, 0.2) is 42.7 Å². The Morgan fingerprint density at radius 2 is 1.21 bits per heavy atom. The van der Waals surface area contributed by atoms with Crippen molar-refractivity contribution in [1.82, 2.24) is 10.6 Å². The third-order valence-electron chi connectivity index (χ3n) is 8.14. The molecule has 0 saturated carbocycles. The van der Waals surface area contributed by atoms with Gasteiger partial charge >= 0.3 is 6.03 Å². The predicted octanol–water partition coefficient (Wildman–Crippen LogP) is 8.15. The summed E-state index contributed by atoms with van der Waals surface area (Å²) in [6, 6.07) is 5.23. The Labute approximate surface area is 258 Å². The van der Waals surface area contributed by atoms with Gasteiger partial charge in [-0.25, -0.2) is 9.36 Å². The van der Waals surface area contributed by atoms with Crippen LogP contribution >= 0.6 is 0 Å². The van der Waals surface area contributed by atoms with E-state index in [1.165, 1.54) is 116 Å². The van der Waals surface area contributed by atoms with Crippen molar-refractivity contribution in [3.63, 3.8) is 0 Å². The molecule has 2 amide bonds. The molecule has 0 aliphatic heterocycles. The van der Waals surface area contributed by atoms with Crippen molar-refractivity contribution >= 4 is 6.03 Å². The van der Waals surface area contributed by atoms with Crippen molar-refractivity contribution in [3.8, 4) is 0 Å². The molecule has 0 unspecified atom stereocenters. The molecule has 0 aliphatic rings. The summed E-state index contributed by atoms with van der Waals surface area (Å²) in [7, 11) is 0. The highest BCUT2D eigenvalue weighted by atomic mass is 16.3. The molecule has 6 heteroatoms. The molecule has 1 rings (SSSR count). The van der Waals surface area contributed by atoms with Crippen molar-refractivity contribution in [2.24, 2.45) is 0 Å². The maximum Gasteiger partial charge on any atom is 0.315 e. The highest BCUT2D eigenvalue weighted by molar-refractivity contribution is 5.74. The van der Waals surface area contributed by atoms with E-state index < -0.39 is 12.1 Å². The summed E-state index contributed by atoms with van der Waals surface area (Å²) < 4.78 is 2.26. The molecule has 42 heavy (non-hydrogen) atoms. The minimum absolute atomic E-state index is 0.288. The number of urea groups is 1. The second-order valence-electron chi connectivity index (χ2n) is 12.1. The Balaban J connectivity index is 1.91. The first-order valence-corrected chi connectivity index (χ1v) is 17.6. The number of aliphatic hydroxyl groups is 2. The molecular formula is C36H66N3O3+. The van der Waals surface area contributed by atoms with Crippen LogP contribution in [0, 0.1) is 0 Å². The normalized spacial score (nSPS) is 12.9. The fourth-order valence-corrected chi connectivity index (χ4v) is 5.37. The number of aliphatic hydroxyl groups excluding tert-OH is 2. The lowest BCUT2D eigenvalue weighted by atomic mass is 10.0. The number of rotatable bonds is 29. The Morgan fingerprint density at radius 1 is 0.714 bits per heavy atom. The van der Waals surface area contributed by atoms with E-state index in [0.717, 1.165) is 32.2 Å². The number of hydrogen-bond donors (Lipinski definition) is 4. The van der Waals surface area contributed by atoms with Gasteiger partial charge in [0.1, 0.15) is 6.54 Å². The molecule has 0 saturated heterocycles. The number of amides is 2. The molecular weight excluding hydrogens is 522 g/mol. The molecule has 6 nitrogen and oxygen atoms in total. The summed E-state index contributed by atoms with van der Waals surface area (Å²) in [6.07, 6.45) is 34.9. The number of carbonyl (C=O) groups is 1. The molecule has 0 spiro atoms. The number of hydrogen-bond acceptors (Lipinski definition) is 3. The summed E-state index contributed by atoms with van der Waals surface area (Å²) in [5.74, 6) is 0. The number of carbonyl (C=O) groups excluding carboxylic acids is 1. The molecule has 1 aromatic heterocycles. The van der Waals surface area contributed by atoms with E-state index in [1.54, 1.807) is 6.08 Å². The van der Waals surface area contributed by atoms with E-state index in [9.17, 15) is 15.0 Å².